The highest BCUT2D eigenvalue weighted by molar-refractivity contribution is 5.74. The normalized spacial score (nSPS) is 13.4. The van der Waals surface area contributed by atoms with Crippen molar-refractivity contribution in [1.29, 1.82) is 5.26 Å². The minimum Gasteiger partial charge on any atom is -0.479 e. The minimum atomic E-state index is -0.910. The molecule has 9 heteroatoms. The number of ether oxygens (including phenoxy) is 4. The Hall–Kier alpha value is -3.64. The molecule has 0 fully saturated rings. The van der Waals surface area contributed by atoms with Gasteiger partial charge in [-0.25, -0.2) is 4.79 Å². The molecule has 2 aromatic carbocycles. The summed E-state index contributed by atoms with van der Waals surface area (Å²) in [6.45, 7) is 1.51. The summed E-state index contributed by atoms with van der Waals surface area (Å²) in [5.41, 5.74) is 1.24. The number of carbonyl (C=O) groups excluding carboxylic acids is 1. The van der Waals surface area contributed by atoms with E-state index >= 15 is 0 Å². The van der Waals surface area contributed by atoms with E-state index in [1.807, 2.05) is 6.07 Å². The predicted molar refractivity (Wildman–Crippen MR) is 94.4 cm³/mol. The Kier molecular flexibility index (Phi) is 5.72. The van der Waals surface area contributed by atoms with Crippen molar-refractivity contribution >= 4 is 11.7 Å². The molecule has 144 valence electrons. The van der Waals surface area contributed by atoms with Gasteiger partial charge in [0.25, 0.3) is 5.69 Å². The van der Waals surface area contributed by atoms with Crippen LogP contribution in [0.1, 0.15) is 23.6 Å². The van der Waals surface area contributed by atoms with Crippen LogP contribution in [0.25, 0.3) is 0 Å². The molecule has 1 aliphatic rings. The van der Waals surface area contributed by atoms with Crippen LogP contribution < -0.4 is 9.47 Å². The van der Waals surface area contributed by atoms with Gasteiger partial charge in [-0.2, -0.15) is 5.26 Å². The van der Waals surface area contributed by atoms with Crippen LogP contribution in [0.2, 0.25) is 0 Å². The summed E-state index contributed by atoms with van der Waals surface area (Å²) in [5.74, 6) is 0.193. The van der Waals surface area contributed by atoms with Crippen LogP contribution in [0, 0.1) is 21.4 Å². The molecule has 0 radical (unpaired) electrons. The third kappa shape index (κ3) is 4.36. The molecule has 0 aromatic heterocycles. The van der Waals surface area contributed by atoms with Crippen molar-refractivity contribution in [3.05, 3.63) is 63.2 Å². The summed E-state index contributed by atoms with van der Waals surface area (Å²) < 4.78 is 21.3. The molecule has 2 aromatic rings. The van der Waals surface area contributed by atoms with Crippen LogP contribution in [0.4, 0.5) is 5.69 Å². The Morgan fingerprint density at radius 3 is 2.79 bits per heavy atom. The fourth-order valence-corrected chi connectivity index (χ4v) is 2.62. The first-order valence-corrected chi connectivity index (χ1v) is 8.32. The second-order valence-corrected chi connectivity index (χ2v) is 5.96. The maximum Gasteiger partial charge on any atom is 0.347 e. The number of nitro groups is 1. The summed E-state index contributed by atoms with van der Waals surface area (Å²) in [4.78, 5) is 22.8. The van der Waals surface area contributed by atoms with E-state index in [0.29, 0.717) is 28.2 Å². The van der Waals surface area contributed by atoms with Crippen LogP contribution in [-0.4, -0.2) is 23.8 Å². The smallest absolute Gasteiger partial charge is 0.347 e. The number of hydrogen-bond donors (Lipinski definition) is 0. The molecule has 28 heavy (non-hydrogen) atoms. The number of fused-ring (bicyclic) bond motifs is 1. The molecule has 1 atom stereocenters. The third-order valence-electron chi connectivity index (χ3n) is 3.98. The molecule has 0 bridgehead atoms. The van der Waals surface area contributed by atoms with Crippen LogP contribution in [0.5, 0.6) is 11.5 Å². The van der Waals surface area contributed by atoms with E-state index in [1.54, 1.807) is 24.3 Å². The molecule has 0 aliphatic carbocycles. The van der Waals surface area contributed by atoms with E-state index in [4.69, 9.17) is 24.2 Å². The van der Waals surface area contributed by atoms with Gasteiger partial charge in [0.15, 0.2) is 12.9 Å². The number of nitrogens with zero attached hydrogens (tertiary/aromatic N) is 2. The highest BCUT2D eigenvalue weighted by Crippen LogP contribution is 2.33. The topological polar surface area (TPSA) is 121 Å². The van der Waals surface area contributed by atoms with E-state index in [2.05, 4.69) is 0 Å². The fourth-order valence-electron chi connectivity index (χ4n) is 2.62. The Labute approximate surface area is 160 Å². The fraction of sp³-hybridized carbons (Fsp3) is 0.263. The number of nitro benzene ring substituents is 1. The van der Waals surface area contributed by atoms with Crippen molar-refractivity contribution in [2.45, 2.75) is 26.2 Å². The molecule has 0 N–H and O–H groups in total. The first-order valence-electron chi connectivity index (χ1n) is 8.32. The molecule has 0 spiro atoms. The van der Waals surface area contributed by atoms with Crippen LogP contribution >= 0.6 is 0 Å². The number of rotatable bonds is 6. The molecule has 0 amide bonds. The zero-order valence-corrected chi connectivity index (χ0v) is 14.9. The van der Waals surface area contributed by atoms with Gasteiger partial charge in [0.1, 0.15) is 18.1 Å². The average molecular weight is 384 g/mol. The Morgan fingerprint density at radius 1 is 1.36 bits per heavy atom. The molecule has 0 unspecified atom stereocenters. The van der Waals surface area contributed by atoms with Crippen molar-refractivity contribution < 1.29 is 28.7 Å². The van der Waals surface area contributed by atoms with Gasteiger partial charge in [0.05, 0.1) is 23.2 Å². The predicted octanol–water partition coefficient (Wildman–Crippen LogP) is 2.84. The van der Waals surface area contributed by atoms with Gasteiger partial charge in [0, 0.05) is 23.3 Å². The number of benzene rings is 2. The first-order chi connectivity index (χ1) is 13.5. The van der Waals surface area contributed by atoms with Crippen LogP contribution in [-0.2, 0) is 27.5 Å². The summed E-state index contributed by atoms with van der Waals surface area (Å²) >= 11 is 0. The van der Waals surface area contributed by atoms with E-state index in [9.17, 15) is 14.9 Å². The van der Waals surface area contributed by atoms with E-state index < -0.39 is 17.0 Å². The van der Waals surface area contributed by atoms with E-state index in [1.165, 1.54) is 19.1 Å². The summed E-state index contributed by atoms with van der Waals surface area (Å²) in [5, 5.41) is 19.9. The Morgan fingerprint density at radius 2 is 2.11 bits per heavy atom. The third-order valence-corrected chi connectivity index (χ3v) is 3.98. The van der Waals surface area contributed by atoms with E-state index in [-0.39, 0.29) is 25.7 Å². The zero-order chi connectivity index (χ0) is 20.1. The molecule has 0 saturated carbocycles. The minimum absolute atomic E-state index is 0.0178. The number of hydrogen-bond acceptors (Lipinski definition) is 8. The van der Waals surface area contributed by atoms with Crippen molar-refractivity contribution in [2.24, 2.45) is 0 Å². The number of nitriles is 1. The lowest BCUT2D eigenvalue weighted by Crippen LogP contribution is -2.26. The van der Waals surface area contributed by atoms with Crippen LogP contribution in [0.15, 0.2) is 36.4 Å². The second-order valence-electron chi connectivity index (χ2n) is 5.96. The standard InChI is InChI=1S/C19H16N2O7/c1-12(28-17-4-2-13(8-20)3-5-17)19(22)26-10-15-7-16(21(23)24)6-14-9-25-11-27-18(14)15/h2-7,12H,9-11H2,1H3/t12-/m0/s1. The average Bonchev–Trinajstić information content (AvgIpc) is 2.71. The Balaban J connectivity index is 1.67. The van der Waals surface area contributed by atoms with Crippen molar-refractivity contribution in [1.82, 2.24) is 0 Å². The molecule has 9 nitrogen and oxygen atoms in total. The van der Waals surface area contributed by atoms with E-state index in [0.717, 1.165) is 0 Å². The van der Waals surface area contributed by atoms with Gasteiger partial charge in [-0.05, 0) is 31.2 Å². The molecular formula is C19H16N2O7. The van der Waals surface area contributed by atoms with Crippen molar-refractivity contribution in [3.63, 3.8) is 0 Å². The highest BCUT2D eigenvalue weighted by atomic mass is 16.7. The van der Waals surface area contributed by atoms with Crippen molar-refractivity contribution in [3.8, 4) is 17.6 Å². The molecule has 3 rings (SSSR count). The number of non-ortho nitro benzene ring substituents is 1. The molecular weight excluding hydrogens is 368 g/mol. The highest BCUT2D eigenvalue weighted by Gasteiger charge is 2.23. The van der Waals surface area contributed by atoms with Crippen LogP contribution in [0.3, 0.4) is 0 Å². The number of carbonyl (C=O) groups is 1. The largest absolute Gasteiger partial charge is 0.479 e. The quantitative estimate of drug-likeness (QED) is 0.423. The SMILES string of the molecule is C[C@H](Oc1ccc(C#N)cc1)C(=O)OCc1cc([N+](=O)[O-])cc2c1OCOC2. The molecule has 1 heterocycles. The lowest BCUT2D eigenvalue weighted by Gasteiger charge is -2.21. The van der Waals surface area contributed by atoms with Gasteiger partial charge in [-0.15, -0.1) is 0 Å². The molecule has 0 saturated heterocycles. The van der Waals surface area contributed by atoms with Gasteiger partial charge in [0.2, 0.25) is 0 Å². The summed E-state index contributed by atoms with van der Waals surface area (Å²) in [6.07, 6.45) is -0.910. The lowest BCUT2D eigenvalue weighted by molar-refractivity contribution is -0.385. The zero-order valence-electron chi connectivity index (χ0n) is 14.9. The second kappa shape index (κ2) is 8.37. The van der Waals surface area contributed by atoms with Crippen molar-refractivity contribution in [2.75, 3.05) is 6.79 Å². The summed E-state index contributed by atoms with van der Waals surface area (Å²) in [7, 11) is 0. The maximum absolute atomic E-state index is 12.2. The van der Waals surface area contributed by atoms with Gasteiger partial charge < -0.3 is 18.9 Å². The lowest BCUT2D eigenvalue weighted by atomic mass is 10.1. The summed E-state index contributed by atoms with van der Waals surface area (Å²) in [6, 6.07) is 11.0. The first kappa shape index (κ1) is 19.1. The van der Waals surface area contributed by atoms with Gasteiger partial charge in [-0.1, -0.05) is 0 Å². The van der Waals surface area contributed by atoms with Gasteiger partial charge in [-0.3, -0.25) is 10.1 Å². The monoisotopic (exact) mass is 384 g/mol. The van der Waals surface area contributed by atoms with Gasteiger partial charge >= 0.3 is 5.97 Å². The molecule has 1 aliphatic heterocycles. The maximum atomic E-state index is 12.2. The number of esters is 1. The Bertz CT molecular complexity index is 935.